The monoisotopic (exact) mass is 397 g/mol. The molecular formula is C13H25SW-. The Hall–Kier alpha value is 0.778. The summed E-state index contributed by atoms with van der Waals surface area (Å²) < 4.78 is 0. The van der Waals surface area contributed by atoms with Crippen LogP contribution < -0.4 is 0 Å². The second-order valence-corrected chi connectivity index (χ2v) is 6.47. The molecule has 0 amide bonds. The van der Waals surface area contributed by atoms with E-state index in [1.165, 1.54) is 29.4 Å². The summed E-state index contributed by atoms with van der Waals surface area (Å²) in [6.07, 6.45) is 3.62. The van der Waals surface area contributed by atoms with Crippen molar-refractivity contribution >= 4 is 11.8 Å². The molecule has 2 heteroatoms. The second-order valence-electron chi connectivity index (χ2n) is 5.37. The van der Waals surface area contributed by atoms with Crippen LogP contribution >= 0.6 is 11.8 Å². The predicted molar refractivity (Wildman–Crippen MR) is 69.7 cm³/mol. The molecule has 0 atom stereocenters. The summed E-state index contributed by atoms with van der Waals surface area (Å²) >= 11 is 2.04. The van der Waals surface area contributed by atoms with Crippen molar-refractivity contribution in [1.82, 2.24) is 0 Å². The molecule has 0 aliphatic rings. The van der Waals surface area contributed by atoms with Crippen LogP contribution in [0.15, 0.2) is 11.6 Å². The predicted octanol–water partition coefficient (Wildman–Crippen LogP) is 4.71. The Bertz CT molecular complexity index is 177. The third-order valence-electron chi connectivity index (χ3n) is 1.71. The average molecular weight is 397 g/mol. The molecule has 0 aromatic rings. The van der Waals surface area contributed by atoms with Gasteiger partial charge in [0.05, 0.1) is 0 Å². The van der Waals surface area contributed by atoms with Crippen LogP contribution in [0.4, 0.5) is 0 Å². The van der Waals surface area contributed by atoms with Crippen molar-refractivity contribution in [1.29, 1.82) is 0 Å². The van der Waals surface area contributed by atoms with Crippen LogP contribution in [0.3, 0.4) is 0 Å². The van der Waals surface area contributed by atoms with E-state index in [2.05, 4.69) is 47.6 Å². The first-order valence-electron chi connectivity index (χ1n) is 5.36. The Morgan fingerprint density at radius 3 is 2.20 bits per heavy atom. The van der Waals surface area contributed by atoms with Gasteiger partial charge in [0.1, 0.15) is 0 Å². The molecule has 0 aromatic heterocycles. The fourth-order valence-corrected chi connectivity index (χ4v) is 2.34. The van der Waals surface area contributed by atoms with Gasteiger partial charge in [-0.05, 0) is 24.5 Å². The van der Waals surface area contributed by atoms with Gasteiger partial charge in [0, 0.05) is 21.1 Å². The summed E-state index contributed by atoms with van der Waals surface area (Å²) in [6, 6.07) is 0. The van der Waals surface area contributed by atoms with Crippen molar-refractivity contribution in [3.8, 4) is 0 Å². The summed E-state index contributed by atoms with van der Waals surface area (Å²) in [6.45, 7) is 13.4. The fraction of sp³-hybridized carbons (Fsp3) is 0.769. The van der Waals surface area contributed by atoms with Gasteiger partial charge in [0.2, 0.25) is 0 Å². The fourth-order valence-electron chi connectivity index (χ4n) is 1.32. The van der Waals surface area contributed by atoms with Gasteiger partial charge in [-0.15, -0.1) is 5.75 Å². The molecule has 0 bridgehead atoms. The summed E-state index contributed by atoms with van der Waals surface area (Å²) in [5.74, 6) is 3.99. The van der Waals surface area contributed by atoms with Crippen molar-refractivity contribution in [2.45, 2.75) is 48.0 Å². The summed E-state index contributed by atoms with van der Waals surface area (Å²) in [7, 11) is 0. The molecule has 0 aliphatic heterocycles. The van der Waals surface area contributed by atoms with E-state index < -0.39 is 0 Å². The van der Waals surface area contributed by atoms with E-state index in [1.807, 2.05) is 11.8 Å². The number of thioether (sulfide) groups is 1. The molecule has 0 unspecified atom stereocenters. The molecule has 0 radical (unpaired) electrons. The van der Waals surface area contributed by atoms with Gasteiger partial charge < -0.3 is 5.92 Å². The largest absolute Gasteiger partial charge is 0.310 e. The zero-order valence-corrected chi connectivity index (χ0v) is 14.8. The third kappa shape index (κ3) is 14.8. The smallest absolute Gasteiger partial charge is 0 e. The molecule has 0 saturated carbocycles. The van der Waals surface area contributed by atoms with Crippen molar-refractivity contribution in [2.24, 2.45) is 5.41 Å². The van der Waals surface area contributed by atoms with Crippen molar-refractivity contribution in [3.63, 3.8) is 0 Å². The molecule has 15 heavy (non-hydrogen) atoms. The number of allylic oxidation sites excluding steroid dienone is 2. The molecule has 0 aromatic carbocycles. The van der Waals surface area contributed by atoms with E-state index in [0.29, 0.717) is 5.41 Å². The standard InChI is InChI=1S/C13H25S.W/c1-11(2)10-14-8-7-12(3)9-13(4,5)6;/h9H,7-8,10H2,1-6H3;/q-1;/b12-9-;. The van der Waals surface area contributed by atoms with Crippen LogP contribution in [0.1, 0.15) is 48.0 Å². The molecule has 0 nitrogen and oxygen atoms in total. The summed E-state index contributed by atoms with van der Waals surface area (Å²) in [5, 5.41) is 0. The number of rotatable bonds is 5. The number of hydrogen-bond donors (Lipinski definition) is 0. The number of hydrogen-bond acceptors (Lipinski definition) is 1. The first-order valence-corrected chi connectivity index (χ1v) is 6.52. The van der Waals surface area contributed by atoms with E-state index in [4.69, 9.17) is 0 Å². The topological polar surface area (TPSA) is 0 Å². The van der Waals surface area contributed by atoms with Gasteiger partial charge in [0.15, 0.2) is 0 Å². The van der Waals surface area contributed by atoms with Gasteiger partial charge in [-0.1, -0.05) is 32.4 Å². The molecule has 0 N–H and O–H groups in total. The van der Waals surface area contributed by atoms with Gasteiger partial charge >= 0.3 is 0 Å². The molecule has 90 valence electrons. The van der Waals surface area contributed by atoms with E-state index in [1.54, 1.807) is 0 Å². The van der Waals surface area contributed by atoms with Gasteiger partial charge in [-0.25, -0.2) is 0 Å². The first kappa shape index (κ1) is 18.2. The summed E-state index contributed by atoms with van der Waals surface area (Å²) in [4.78, 5) is 0. The maximum atomic E-state index is 2.38. The molecule has 0 fully saturated rings. The Labute approximate surface area is 115 Å². The van der Waals surface area contributed by atoms with Crippen LogP contribution in [0, 0.1) is 11.3 Å². The second kappa shape index (κ2) is 8.88. The van der Waals surface area contributed by atoms with E-state index in [0.717, 1.165) is 0 Å². The molecule has 0 spiro atoms. The Morgan fingerprint density at radius 1 is 1.27 bits per heavy atom. The zero-order valence-electron chi connectivity index (χ0n) is 11.0. The van der Waals surface area contributed by atoms with E-state index >= 15 is 0 Å². The molecule has 0 saturated heterocycles. The van der Waals surface area contributed by atoms with E-state index in [-0.39, 0.29) is 21.1 Å². The third-order valence-corrected chi connectivity index (χ3v) is 2.99. The van der Waals surface area contributed by atoms with Crippen LogP contribution in [0.2, 0.25) is 0 Å². The van der Waals surface area contributed by atoms with Crippen molar-refractivity contribution in [3.05, 3.63) is 17.6 Å². The van der Waals surface area contributed by atoms with Gasteiger partial charge in [-0.2, -0.15) is 25.6 Å². The van der Waals surface area contributed by atoms with Crippen molar-refractivity contribution in [2.75, 3.05) is 11.5 Å². The zero-order chi connectivity index (χ0) is 11.2. The van der Waals surface area contributed by atoms with Gasteiger partial charge in [-0.3, -0.25) is 0 Å². The maximum Gasteiger partial charge on any atom is 0 e. The Morgan fingerprint density at radius 2 is 1.80 bits per heavy atom. The van der Waals surface area contributed by atoms with Crippen LogP contribution in [-0.2, 0) is 21.1 Å². The van der Waals surface area contributed by atoms with Crippen LogP contribution in [0.5, 0.6) is 0 Å². The summed E-state index contributed by atoms with van der Waals surface area (Å²) in [5.41, 5.74) is 1.86. The Kier molecular flexibility index (Phi) is 10.7. The normalized spacial score (nSPS) is 12.9. The van der Waals surface area contributed by atoms with Crippen LogP contribution in [0.25, 0.3) is 0 Å². The molecule has 0 rings (SSSR count). The SMILES string of the molecule is C/C(=C/C(C)(C)C)CCSC[C-](C)C.[W]. The van der Waals surface area contributed by atoms with E-state index in [9.17, 15) is 0 Å². The Balaban J connectivity index is 0. The quantitative estimate of drug-likeness (QED) is 0.368. The van der Waals surface area contributed by atoms with Gasteiger partial charge in [0.25, 0.3) is 0 Å². The van der Waals surface area contributed by atoms with Crippen LogP contribution in [-0.4, -0.2) is 11.5 Å². The molecule has 0 heterocycles. The average Bonchev–Trinajstić information content (AvgIpc) is 1.94. The maximum absolute atomic E-state index is 2.38. The first-order chi connectivity index (χ1) is 6.31. The van der Waals surface area contributed by atoms with Crippen molar-refractivity contribution < 1.29 is 21.1 Å². The molecule has 0 aliphatic carbocycles. The minimum absolute atomic E-state index is 0. The minimum atomic E-state index is 0. The minimum Gasteiger partial charge on any atom is -0.310 e. The molecular weight excluding hydrogens is 372 g/mol.